The molecule has 1 unspecified atom stereocenters. The summed E-state index contributed by atoms with van der Waals surface area (Å²) in [5.41, 5.74) is 1.15. The van der Waals surface area contributed by atoms with Gasteiger partial charge in [-0.05, 0) is 24.7 Å². The summed E-state index contributed by atoms with van der Waals surface area (Å²) in [4.78, 5) is 2.40. The van der Waals surface area contributed by atoms with Gasteiger partial charge < -0.3 is 15.2 Å². The quantitative estimate of drug-likeness (QED) is 0.812. The van der Waals surface area contributed by atoms with Crippen LogP contribution in [-0.2, 0) is 11.3 Å². The molecule has 0 aromatic heterocycles. The van der Waals surface area contributed by atoms with Crippen molar-refractivity contribution in [2.24, 2.45) is 0 Å². The zero-order valence-corrected chi connectivity index (χ0v) is 10.2. The second-order valence-electron chi connectivity index (χ2n) is 4.43. The van der Waals surface area contributed by atoms with Crippen molar-refractivity contribution in [1.82, 2.24) is 10.2 Å². The Morgan fingerprint density at radius 1 is 1.53 bits per heavy atom. The molecule has 0 spiro atoms. The molecular weight excluding hydrogens is 216 g/mol. The van der Waals surface area contributed by atoms with Gasteiger partial charge in [0.15, 0.2) is 0 Å². The molecule has 0 radical (unpaired) electrons. The highest BCUT2D eigenvalue weighted by atomic mass is 16.5. The first-order valence-corrected chi connectivity index (χ1v) is 6.04. The lowest BCUT2D eigenvalue weighted by Gasteiger charge is -2.35. The van der Waals surface area contributed by atoms with Gasteiger partial charge in [0.05, 0.1) is 13.2 Å². The van der Waals surface area contributed by atoms with E-state index < -0.39 is 0 Å². The summed E-state index contributed by atoms with van der Waals surface area (Å²) >= 11 is 0. The highest BCUT2D eigenvalue weighted by Crippen LogP contribution is 2.16. The molecule has 0 saturated carbocycles. The first-order valence-electron chi connectivity index (χ1n) is 6.04. The van der Waals surface area contributed by atoms with Crippen LogP contribution in [0.15, 0.2) is 24.3 Å². The molecule has 1 aromatic rings. The number of hydrogen-bond donors (Lipinski definition) is 2. The minimum absolute atomic E-state index is 0.334. The molecule has 0 amide bonds. The van der Waals surface area contributed by atoms with Crippen LogP contribution in [-0.4, -0.2) is 49.4 Å². The van der Waals surface area contributed by atoms with Crippen molar-refractivity contribution in [1.29, 1.82) is 0 Å². The van der Waals surface area contributed by atoms with Gasteiger partial charge in [0.25, 0.3) is 0 Å². The van der Waals surface area contributed by atoms with Crippen LogP contribution in [0.5, 0.6) is 5.75 Å². The largest absolute Gasteiger partial charge is 0.508 e. The number of ether oxygens (including phenoxy) is 1. The Morgan fingerprint density at radius 2 is 2.41 bits per heavy atom. The standard InChI is InChI=1S/C13H20N2O2/c1-14-8-12-10-17-6-5-15(12)9-11-3-2-4-13(16)7-11/h2-4,7,12,14,16H,5-6,8-10H2,1H3. The second-order valence-corrected chi connectivity index (χ2v) is 4.43. The minimum atomic E-state index is 0.334. The van der Waals surface area contributed by atoms with E-state index in [-0.39, 0.29) is 0 Å². The number of rotatable bonds is 4. The van der Waals surface area contributed by atoms with Gasteiger partial charge in [0.1, 0.15) is 5.75 Å². The summed E-state index contributed by atoms with van der Waals surface area (Å²) in [5.74, 6) is 0.334. The van der Waals surface area contributed by atoms with Crippen molar-refractivity contribution in [2.75, 3.05) is 33.4 Å². The summed E-state index contributed by atoms with van der Waals surface area (Å²) < 4.78 is 5.50. The molecule has 0 bridgehead atoms. The first kappa shape index (κ1) is 12.4. The zero-order chi connectivity index (χ0) is 12.1. The SMILES string of the molecule is CNCC1COCCN1Cc1cccc(O)c1. The predicted octanol–water partition coefficient (Wildman–Crippen LogP) is 0.812. The van der Waals surface area contributed by atoms with Gasteiger partial charge in [-0.1, -0.05) is 12.1 Å². The van der Waals surface area contributed by atoms with Gasteiger partial charge in [-0.25, -0.2) is 0 Å². The van der Waals surface area contributed by atoms with E-state index >= 15 is 0 Å². The van der Waals surface area contributed by atoms with E-state index in [1.54, 1.807) is 6.07 Å². The van der Waals surface area contributed by atoms with E-state index in [4.69, 9.17) is 4.74 Å². The van der Waals surface area contributed by atoms with E-state index in [1.165, 1.54) is 0 Å². The number of aromatic hydroxyl groups is 1. The van der Waals surface area contributed by atoms with Crippen LogP contribution in [0.3, 0.4) is 0 Å². The van der Waals surface area contributed by atoms with Gasteiger partial charge >= 0.3 is 0 Å². The van der Waals surface area contributed by atoms with Crippen LogP contribution < -0.4 is 5.32 Å². The molecule has 1 atom stereocenters. The van der Waals surface area contributed by atoms with Crippen molar-refractivity contribution in [3.8, 4) is 5.75 Å². The lowest BCUT2D eigenvalue weighted by Crippen LogP contribution is -2.49. The number of phenolic OH excluding ortho intramolecular Hbond substituents is 1. The van der Waals surface area contributed by atoms with Crippen molar-refractivity contribution in [3.05, 3.63) is 29.8 Å². The molecule has 0 aliphatic carbocycles. The van der Waals surface area contributed by atoms with Crippen molar-refractivity contribution in [3.63, 3.8) is 0 Å². The Morgan fingerprint density at radius 3 is 3.18 bits per heavy atom. The first-order chi connectivity index (χ1) is 8.29. The predicted molar refractivity (Wildman–Crippen MR) is 67.1 cm³/mol. The summed E-state index contributed by atoms with van der Waals surface area (Å²) in [5, 5.41) is 12.6. The van der Waals surface area contributed by atoms with E-state index in [0.29, 0.717) is 11.8 Å². The Labute approximate surface area is 102 Å². The molecule has 1 aromatic carbocycles. The lowest BCUT2D eigenvalue weighted by atomic mass is 10.1. The average Bonchev–Trinajstić information content (AvgIpc) is 2.32. The van der Waals surface area contributed by atoms with E-state index in [9.17, 15) is 5.11 Å². The fourth-order valence-electron chi connectivity index (χ4n) is 2.21. The highest BCUT2D eigenvalue weighted by Gasteiger charge is 2.22. The van der Waals surface area contributed by atoms with Crippen LogP contribution in [0.2, 0.25) is 0 Å². The number of morpholine rings is 1. The number of nitrogens with one attached hydrogen (secondary N) is 1. The molecule has 1 saturated heterocycles. The normalized spacial score (nSPS) is 21.6. The molecule has 1 aliphatic heterocycles. The molecular formula is C13H20N2O2. The molecule has 2 N–H and O–H groups in total. The lowest BCUT2D eigenvalue weighted by molar-refractivity contribution is -0.0103. The Balaban J connectivity index is 2.00. The van der Waals surface area contributed by atoms with Gasteiger partial charge in [-0.15, -0.1) is 0 Å². The minimum Gasteiger partial charge on any atom is -0.508 e. The fraction of sp³-hybridized carbons (Fsp3) is 0.538. The topological polar surface area (TPSA) is 44.7 Å². The molecule has 4 heteroatoms. The average molecular weight is 236 g/mol. The number of nitrogens with zero attached hydrogens (tertiary/aromatic N) is 1. The summed E-state index contributed by atoms with van der Waals surface area (Å²) in [6.07, 6.45) is 0. The highest BCUT2D eigenvalue weighted by molar-refractivity contribution is 5.27. The smallest absolute Gasteiger partial charge is 0.115 e. The second kappa shape index (κ2) is 6.00. The van der Waals surface area contributed by atoms with E-state index in [2.05, 4.69) is 10.2 Å². The Kier molecular flexibility index (Phi) is 4.36. The van der Waals surface area contributed by atoms with Crippen LogP contribution in [0.25, 0.3) is 0 Å². The molecule has 1 heterocycles. The van der Waals surface area contributed by atoms with Crippen LogP contribution >= 0.6 is 0 Å². The summed E-state index contributed by atoms with van der Waals surface area (Å²) in [6, 6.07) is 7.87. The third-order valence-electron chi connectivity index (χ3n) is 3.09. The van der Waals surface area contributed by atoms with Gasteiger partial charge in [-0.3, -0.25) is 4.90 Å². The van der Waals surface area contributed by atoms with Gasteiger partial charge in [-0.2, -0.15) is 0 Å². The summed E-state index contributed by atoms with van der Waals surface area (Å²) in [6.45, 7) is 4.31. The Hall–Kier alpha value is -1.10. The van der Waals surface area contributed by atoms with E-state index in [0.717, 1.165) is 38.4 Å². The number of benzene rings is 1. The van der Waals surface area contributed by atoms with Crippen molar-refractivity contribution in [2.45, 2.75) is 12.6 Å². The van der Waals surface area contributed by atoms with E-state index in [1.807, 2.05) is 25.2 Å². The maximum atomic E-state index is 9.46. The fourth-order valence-corrected chi connectivity index (χ4v) is 2.21. The molecule has 94 valence electrons. The van der Waals surface area contributed by atoms with Crippen LogP contribution in [0.4, 0.5) is 0 Å². The molecule has 1 fully saturated rings. The Bertz CT molecular complexity index is 355. The van der Waals surface area contributed by atoms with Gasteiger partial charge in [0, 0.05) is 25.7 Å². The van der Waals surface area contributed by atoms with Gasteiger partial charge in [0.2, 0.25) is 0 Å². The number of likely N-dealkylation sites (N-methyl/N-ethyl adjacent to an activating group) is 1. The third-order valence-corrected chi connectivity index (χ3v) is 3.09. The zero-order valence-electron chi connectivity index (χ0n) is 10.2. The number of phenols is 1. The van der Waals surface area contributed by atoms with Crippen LogP contribution in [0, 0.1) is 0 Å². The van der Waals surface area contributed by atoms with Crippen molar-refractivity contribution < 1.29 is 9.84 Å². The molecule has 17 heavy (non-hydrogen) atoms. The monoisotopic (exact) mass is 236 g/mol. The summed E-state index contributed by atoms with van der Waals surface area (Å²) in [7, 11) is 1.96. The van der Waals surface area contributed by atoms with Crippen molar-refractivity contribution >= 4 is 0 Å². The molecule has 2 rings (SSSR count). The third kappa shape index (κ3) is 3.43. The molecule has 4 nitrogen and oxygen atoms in total. The van der Waals surface area contributed by atoms with Crippen LogP contribution in [0.1, 0.15) is 5.56 Å². The maximum absolute atomic E-state index is 9.46. The number of hydrogen-bond acceptors (Lipinski definition) is 4. The molecule has 1 aliphatic rings. The maximum Gasteiger partial charge on any atom is 0.115 e.